The van der Waals surface area contributed by atoms with E-state index in [1.54, 1.807) is 0 Å². The van der Waals surface area contributed by atoms with E-state index in [9.17, 15) is 14.4 Å². The molecule has 0 aliphatic carbocycles. The monoisotopic (exact) mass is 837 g/mol. The lowest BCUT2D eigenvalue weighted by Gasteiger charge is -2.18. The summed E-state index contributed by atoms with van der Waals surface area (Å²) >= 11 is 0. The van der Waals surface area contributed by atoms with Crippen LogP contribution in [0.1, 0.15) is 233 Å². The molecule has 0 bridgehead atoms. The molecule has 0 aliphatic rings. The van der Waals surface area contributed by atoms with Crippen LogP contribution in [-0.4, -0.2) is 37.2 Å². The van der Waals surface area contributed by atoms with E-state index < -0.39 is 6.10 Å². The predicted octanol–water partition coefficient (Wildman–Crippen LogP) is 16.3. The topological polar surface area (TPSA) is 78.9 Å². The average Bonchev–Trinajstić information content (AvgIpc) is 3.24. The molecular formula is C54H92O6. The summed E-state index contributed by atoms with van der Waals surface area (Å²) in [5.74, 6) is -0.957. The lowest BCUT2D eigenvalue weighted by molar-refractivity contribution is -0.167. The third-order valence-corrected chi connectivity index (χ3v) is 10.5. The molecule has 0 spiro atoms. The smallest absolute Gasteiger partial charge is 0.306 e. The number of allylic oxidation sites excluding steroid dienone is 12. The maximum Gasteiger partial charge on any atom is 0.306 e. The summed E-state index contributed by atoms with van der Waals surface area (Å²) < 4.78 is 16.7. The first kappa shape index (κ1) is 56.9. The zero-order chi connectivity index (χ0) is 43.7. The Morgan fingerprint density at radius 2 is 0.683 bits per heavy atom. The first-order valence-corrected chi connectivity index (χ1v) is 25.0. The summed E-state index contributed by atoms with van der Waals surface area (Å²) in [6.07, 6.45) is 60.4. The van der Waals surface area contributed by atoms with Gasteiger partial charge in [0.1, 0.15) is 13.2 Å². The first-order valence-electron chi connectivity index (χ1n) is 25.0. The summed E-state index contributed by atoms with van der Waals surface area (Å²) in [6, 6.07) is 0. The van der Waals surface area contributed by atoms with Crippen LogP contribution in [0.25, 0.3) is 0 Å². The van der Waals surface area contributed by atoms with E-state index in [1.165, 1.54) is 103 Å². The second-order valence-corrected chi connectivity index (χ2v) is 16.4. The van der Waals surface area contributed by atoms with Crippen LogP contribution in [0.3, 0.4) is 0 Å². The highest BCUT2D eigenvalue weighted by molar-refractivity contribution is 5.71. The van der Waals surface area contributed by atoms with Crippen molar-refractivity contribution in [3.63, 3.8) is 0 Å². The minimum atomic E-state index is -0.800. The molecule has 0 heterocycles. The highest BCUT2D eigenvalue weighted by atomic mass is 16.6. The normalized spacial score (nSPS) is 12.7. The van der Waals surface area contributed by atoms with Gasteiger partial charge in [-0.15, -0.1) is 0 Å². The van der Waals surface area contributed by atoms with Crippen LogP contribution >= 0.6 is 0 Å². The van der Waals surface area contributed by atoms with E-state index in [0.717, 1.165) is 83.5 Å². The second-order valence-electron chi connectivity index (χ2n) is 16.4. The van der Waals surface area contributed by atoms with Crippen LogP contribution in [0, 0.1) is 0 Å². The van der Waals surface area contributed by atoms with Gasteiger partial charge in [0.05, 0.1) is 0 Å². The predicted molar refractivity (Wildman–Crippen MR) is 256 cm³/mol. The summed E-state index contributed by atoms with van der Waals surface area (Å²) in [5, 5.41) is 0. The van der Waals surface area contributed by atoms with E-state index in [0.29, 0.717) is 19.3 Å². The number of carbonyl (C=O) groups is 3. The van der Waals surface area contributed by atoms with Gasteiger partial charge >= 0.3 is 17.9 Å². The molecule has 0 aromatic heterocycles. The van der Waals surface area contributed by atoms with Crippen molar-refractivity contribution in [2.45, 2.75) is 239 Å². The van der Waals surface area contributed by atoms with Crippen LogP contribution in [0.4, 0.5) is 0 Å². The van der Waals surface area contributed by atoms with Crippen molar-refractivity contribution in [2.75, 3.05) is 13.2 Å². The molecule has 6 heteroatoms. The molecule has 0 aromatic rings. The largest absolute Gasteiger partial charge is 0.462 e. The van der Waals surface area contributed by atoms with Gasteiger partial charge in [-0.1, -0.05) is 203 Å². The van der Waals surface area contributed by atoms with Crippen molar-refractivity contribution in [1.82, 2.24) is 0 Å². The molecule has 0 amide bonds. The van der Waals surface area contributed by atoms with Crippen molar-refractivity contribution >= 4 is 17.9 Å². The Morgan fingerprint density at radius 1 is 0.350 bits per heavy atom. The van der Waals surface area contributed by atoms with Gasteiger partial charge in [-0.3, -0.25) is 14.4 Å². The van der Waals surface area contributed by atoms with Crippen LogP contribution in [0.5, 0.6) is 0 Å². The van der Waals surface area contributed by atoms with E-state index in [-0.39, 0.29) is 37.5 Å². The molecule has 0 rings (SSSR count). The fraction of sp³-hybridized carbons (Fsp3) is 0.722. The van der Waals surface area contributed by atoms with Crippen molar-refractivity contribution in [3.05, 3.63) is 72.9 Å². The van der Waals surface area contributed by atoms with Crippen molar-refractivity contribution in [2.24, 2.45) is 0 Å². The van der Waals surface area contributed by atoms with Gasteiger partial charge in [0.15, 0.2) is 6.10 Å². The second kappa shape index (κ2) is 48.5. The van der Waals surface area contributed by atoms with Gasteiger partial charge in [-0.2, -0.15) is 0 Å². The molecule has 1 unspecified atom stereocenters. The van der Waals surface area contributed by atoms with E-state index in [2.05, 4.69) is 57.2 Å². The Morgan fingerprint density at radius 3 is 1.13 bits per heavy atom. The molecule has 0 saturated heterocycles. The molecule has 0 N–H and O–H groups in total. The lowest BCUT2D eigenvalue weighted by atomic mass is 10.1. The molecule has 0 fully saturated rings. The molecule has 0 aromatic carbocycles. The fourth-order valence-corrected chi connectivity index (χ4v) is 6.72. The summed E-state index contributed by atoms with van der Waals surface area (Å²) in [7, 11) is 0. The molecule has 60 heavy (non-hydrogen) atoms. The van der Waals surface area contributed by atoms with Crippen molar-refractivity contribution in [1.29, 1.82) is 0 Å². The number of hydrogen-bond acceptors (Lipinski definition) is 6. The summed E-state index contributed by atoms with van der Waals surface area (Å²) in [6.45, 7) is 6.40. The third kappa shape index (κ3) is 45.9. The molecule has 0 saturated carbocycles. The molecular weight excluding hydrogens is 745 g/mol. The standard InChI is InChI=1S/C54H92O6/c1-4-7-10-13-16-19-22-24-25-26-27-28-29-31-32-35-38-41-44-47-53(56)59-50-51(49-58-52(55)46-43-40-37-34-21-18-15-12-9-6-3)60-54(57)48-45-42-39-36-33-30-23-20-17-14-11-8-5-2/h8,11,14-15,17-18,20,23,26-27,30,33,51H,4-7,9-10,12-13,16,19,21-22,24-25,28-29,31-32,34-50H2,1-3H3/b11-8-,17-14-,18-15-,23-20-,27-26-,33-30-. The maximum atomic E-state index is 12.7. The van der Waals surface area contributed by atoms with Gasteiger partial charge in [-0.05, 0) is 83.5 Å². The Kier molecular flexibility index (Phi) is 46.0. The Balaban J connectivity index is 4.37. The van der Waals surface area contributed by atoms with Crippen molar-refractivity contribution in [3.8, 4) is 0 Å². The third-order valence-electron chi connectivity index (χ3n) is 10.5. The lowest BCUT2D eigenvalue weighted by Crippen LogP contribution is -2.30. The van der Waals surface area contributed by atoms with Crippen LogP contribution in [0.15, 0.2) is 72.9 Å². The highest BCUT2D eigenvalue weighted by Crippen LogP contribution is 2.14. The van der Waals surface area contributed by atoms with E-state index in [1.807, 2.05) is 36.5 Å². The molecule has 344 valence electrons. The SMILES string of the molecule is CC\C=C/C=C\C=C/C=C\CCCCCC(=O)OC(COC(=O)CCCCCC/C=C\CCCC)COC(=O)CCCCCCCCC/C=C\CCCCCCCCCC. The molecule has 0 aliphatic heterocycles. The first-order chi connectivity index (χ1) is 29.5. The van der Waals surface area contributed by atoms with E-state index in [4.69, 9.17) is 14.2 Å². The summed E-state index contributed by atoms with van der Waals surface area (Å²) in [4.78, 5) is 37.8. The Hall–Kier alpha value is -3.15. The number of ether oxygens (including phenoxy) is 3. The number of hydrogen-bond donors (Lipinski definition) is 0. The van der Waals surface area contributed by atoms with Gasteiger partial charge in [-0.25, -0.2) is 0 Å². The zero-order valence-electron chi connectivity index (χ0n) is 39.2. The number of carbonyl (C=O) groups excluding carboxylic acids is 3. The minimum absolute atomic E-state index is 0.0976. The highest BCUT2D eigenvalue weighted by Gasteiger charge is 2.19. The minimum Gasteiger partial charge on any atom is -0.462 e. The van der Waals surface area contributed by atoms with Crippen molar-refractivity contribution < 1.29 is 28.6 Å². The molecule has 1 atom stereocenters. The quantitative estimate of drug-likeness (QED) is 0.0200. The van der Waals surface area contributed by atoms with Gasteiger partial charge in [0, 0.05) is 19.3 Å². The average molecular weight is 837 g/mol. The van der Waals surface area contributed by atoms with Crippen LogP contribution < -0.4 is 0 Å². The van der Waals surface area contributed by atoms with E-state index >= 15 is 0 Å². The molecule has 6 nitrogen and oxygen atoms in total. The fourth-order valence-electron chi connectivity index (χ4n) is 6.72. The zero-order valence-corrected chi connectivity index (χ0v) is 39.2. The Bertz CT molecular complexity index is 1140. The van der Waals surface area contributed by atoms with Gasteiger partial charge in [0.2, 0.25) is 0 Å². The molecule has 0 radical (unpaired) electrons. The number of esters is 3. The van der Waals surface area contributed by atoms with Gasteiger partial charge in [0.25, 0.3) is 0 Å². The van der Waals surface area contributed by atoms with Gasteiger partial charge < -0.3 is 14.2 Å². The summed E-state index contributed by atoms with van der Waals surface area (Å²) in [5.41, 5.74) is 0. The van der Waals surface area contributed by atoms with Crippen LogP contribution in [-0.2, 0) is 28.6 Å². The number of unbranched alkanes of at least 4 members (excludes halogenated alkanes) is 24. The maximum absolute atomic E-state index is 12.7. The van der Waals surface area contributed by atoms with Crippen LogP contribution in [0.2, 0.25) is 0 Å². The Labute approximate surface area is 370 Å². The number of rotatable bonds is 44.